The predicted molar refractivity (Wildman–Crippen MR) is 108 cm³/mol. The zero-order chi connectivity index (χ0) is 19.6. The second-order valence-corrected chi connectivity index (χ2v) is 8.55. The first kappa shape index (κ1) is 19.9. The molecule has 2 aromatic carbocycles. The largest absolute Gasteiger partial charge is 0.315 e. The third kappa shape index (κ3) is 3.89. The van der Waals surface area contributed by atoms with E-state index in [9.17, 15) is 17.9 Å². The number of nitrogens with zero attached hydrogens (tertiary/aromatic N) is 2. The number of halogens is 2. The predicted octanol–water partition coefficient (Wildman–Crippen LogP) is 5.28. The van der Waals surface area contributed by atoms with E-state index in [1.54, 1.807) is 24.3 Å². The number of para-hydroxylation sites is 3. The second kappa shape index (κ2) is 8.02. The molecule has 5 nitrogen and oxygen atoms in total. The molecule has 1 aliphatic rings. The molecular formula is C19H25F2N3O2S. The summed E-state index contributed by atoms with van der Waals surface area (Å²) in [6.45, 7) is 5.31. The molecule has 1 aliphatic heterocycles. The van der Waals surface area contributed by atoms with Crippen molar-refractivity contribution in [3.8, 4) is 0 Å². The third-order valence-corrected chi connectivity index (χ3v) is 6.23. The topological polar surface area (TPSA) is 59.0 Å². The van der Waals surface area contributed by atoms with Crippen LogP contribution in [-0.4, -0.2) is 28.2 Å². The van der Waals surface area contributed by atoms with Gasteiger partial charge in [0.05, 0.1) is 11.4 Å². The van der Waals surface area contributed by atoms with Gasteiger partial charge in [-0.15, -0.1) is 0 Å². The molecular weight excluding hydrogens is 372 g/mol. The highest BCUT2D eigenvalue weighted by atomic mass is 32.3. The van der Waals surface area contributed by atoms with E-state index in [1.165, 1.54) is 10.4 Å². The van der Waals surface area contributed by atoms with Crippen LogP contribution in [0.3, 0.4) is 0 Å². The van der Waals surface area contributed by atoms with Crippen LogP contribution in [0, 0.1) is 11.6 Å². The van der Waals surface area contributed by atoms with Crippen LogP contribution < -0.4 is 13.9 Å². The lowest BCUT2D eigenvalue weighted by molar-refractivity contribution is 0.479. The van der Waals surface area contributed by atoms with Gasteiger partial charge in [-0.3, -0.25) is 13.4 Å². The standard InChI is InChI=1S/C19H25F2N3O2S/c1-14(2)22-12-5-6-13-23-17-10-3-4-11-18(17)24(27(23,25)26)19-15(20)8-7-9-16(19)21/h3-4,7-11,14,22,25-26H,5-6,12-13H2,1-2H3. The minimum absolute atomic E-state index is 0.367. The normalized spacial score (nSPS) is 16.7. The number of unbranched alkanes of at least 4 members (excludes halogenated alkanes) is 1. The Morgan fingerprint density at radius 2 is 1.59 bits per heavy atom. The van der Waals surface area contributed by atoms with Crippen molar-refractivity contribution in [2.24, 2.45) is 0 Å². The van der Waals surface area contributed by atoms with Gasteiger partial charge in [-0.1, -0.05) is 32.0 Å². The second-order valence-electron chi connectivity index (χ2n) is 6.76. The van der Waals surface area contributed by atoms with Crippen LogP contribution in [0.5, 0.6) is 0 Å². The lowest BCUT2D eigenvalue weighted by Gasteiger charge is -2.43. The van der Waals surface area contributed by atoms with Crippen LogP contribution in [0.1, 0.15) is 26.7 Å². The Kier molecular flexibility index (Phi) is 5.90. The van der Waals surface area contributed by atoms with Crippen LogP contribution >= 0.6 is 11.0 Å². The van der Waals surface area contributed by atoms with Gasteiger partial charge in [0, 0.05) is 12.6 Å². The Balaban J connectivity index is 1.89. The number of fused-ring (bicyclic) bond motifs is 1. The smallest absolute Gasteiger partial charge is 0.151 e. The molecule has 0 spiro atoms. The molecule has 0 bridgehead atoms. The van der Waals surface area contributed by atoms with E-state index in [0.717, 1.165) is 29.4 Å². The summed E-state index contributed by atoms with van der Waals surface area (Å²) in [5.41, 5.74) is 0.479. The summed E-state index contributed by atoms with van der Waals surface area (Å²) in [4.78, 5) is 0. The summed E-state index contributed by atoms with van der Waals surface area (Å²) in [5.74, 6) is -1.68. The highest BCUT2D eigenvalue weighted by molar-refractivity contribution is 8.27. The molecule has 0 atom stereocenters. The molecule has 3 N–H and O–H groups in total. The Bertz CT molecular complexity index is 784. The molecule has 0 aliphatic carbocycles. The molecule has 8 heteroatoms. The summed E-state index contributed by atoms with van der Waals surface area (Å²) in [6, 6.07) is 10.7. The van der Waals surface area contributed by atoms with Crippen molar-refractivity contribution in [2.45, 2.75) is 32.7 Å². The van der Waals surface area contributed by atoms with Crippen molar-refractivity contribution >= 4 is 28.0 Å². The van der Waals surface area contributed by atoms with E-state index in [4.69, 9.17) is 0 Å². The highest BCUT2D eigenvalue weighted by Crippen LogP contribution is 2.64. The van der Waals surface area contributed by atoms with Crippen LogP contribution in [0.4, 0.5) is 25.8 Å². The van der Waals surface area contributed by atoms with Crippen LogP contribution in [0.2, 0.25) is 0 Å². The van der Waals surface area contributed by atoms with Crippen molar-refractivity contribution in [1.82, 2.24) is 5.32 Å². The van der Waals surface area contributed by atoms with Gasteiger partial charge in [-0.05, 0) is 54.6 Å². The van der Waals surface area contributed by atoms with E-state index in [2.05, 4.69) is 19.2 Å². The zero-order valence-corrected chi connectivity index (χ0v) is 16.2. The Morgan fingerprint density at radius 1 is 0.963 bits per heavy atom. The molecule has 3 rings (SSSR count). The van der Waals surface area contributed by atoms with Gasteiger partial charge in [-0.25, -0.2) is 13.1 Å². The number of nitrogens with one attached hydrogen (secondary N) is 1. The average Bonchev–Trinajstić information content (AvgIpc) is 2.82. The molecule has 0 fully saturated rings. The van der Waals surface area contributed by atoms with E-state index in [1.807, 2.05) is 0 Å². The fourth-order valence-electron chi connectivity index (χ4n) is 3.15. The van der Waals surface area contributed by atoms with Crippen LogP contribution in [0.25, 0.3) is 0 Å². The molecule has 1 heterocycles. The van der Waals surface area contributed by atoms with E-state index in [0.29, 0.717) is 30.4 Å². The van der Waals surface area contributed by atoms with E-state index < -0.39 is 28.3 Å². The maximum Gasteiger partial charge on any atom is 0.151 e. The monoisotopic (exact) mass is 397 g/mol. The molecule has 0 unspecified atom stereocenters. The summed E-state index contributed by atoms with van der Waals surface area (Å²) in [5, 5.41) is 3.31. The van der Waals surface area contributed by atoms with Gasteiger partial charge >= 0.3 is 0 Å². The van der Waals surface area contributed by atoms with Crippen molar-refractivity contribution in [3.05, 3.63) is 54.1 Å². The number of hydrogen-bond acceptors (Lipinski definition) is 5. The Labute approximate surface area is 160 Å². The van der Waals surface area contributed by atoms with Gasteiger partial charge < -0.3 is 5.32 Å². The Hall–Kier alpha value is -1.87. The van der Waals surface area contributed by atoms with E-state index in [-0.39, 0.29) is 0 Å². The summed E-state index contributed by atoms with van der Waals surface area (Å²) >= 11 is 0. The van der Waals surface area contributed by atoms with Crippen LogP contribution in [-0.2, 0) is 0 Å². The zero-order valence-electron chi connectivity index (χ0n) is 15.4. The van der Waals surface area contributed by atoms with Gasteiger partial charge in [0.2, 0.25) is 0 Å². The molecule has 0 saturated heterocycles. The molecule has 2 aromatic rings. The maximum absolute atomic E-state index is 14.4. The van der Waals surface area contributed by atoms with Crippen LogP contribution in [0.15, 0.2) is 42.5 Å². The number of anilines is 3. The first-order valence-corrected chi connectivity index (χ1v) is 10.4. The van der Waals surface area contributed by atoms with E-state index >= 15 is 0 Å². The maximum atomic E-state index is 14.4. The number of hydrogen-bond donors (Lipinski definition) is 3. The van der Waals surface area contributed by atoms with Gasteiger partial charge in [0.1, 0.15) is 5.69 Å². The quantitative estimate of drug-likeness (QED) is 0.555. The van der Waals surface area contributed by atoms with Crippen molar-refractivity contribution < 1.29 is 17.9 Å². The Morgan fingerprint density at radius 3 is 2.22 bits per heavy atom. The molecule has 0 saturated carbocycles. The van der Waals surface area contributed by atoms with Crippen molar-refractivity contribution in [2.75, 3.05) is 21.7 Å². The molecule has 27 heavy (non-hydrogen) atoms. The van der Waals surface area contributed by atoms with Crippen molar-refractivity contribution in [3.63, 3.8) is 0 Å². The fourth-order valence-corrected chi connectivity index (χ4v) is 4.98. The lowest BCUT2D eigenvalue weighted by Crippen LogP contribution is -2.33. The molecule has 148 valence electrons. The van der Waals surface area contributed by atoms with Crippen molar-refractivity contribution in [1.29, 1.82) is 0 Å². The minimum atomic E-state index is -3.62. The van der Waals surface area contributed by atoms with Gasteiger partial charge in [-0.2, -0.15) is 0 Å². The SMILES string of the molecule is CC(C)NCCCCN1c2ccccc2N(c2c(F)cccc2F)S1(O)O. The van der Waals surface area contributed by atoms with Gasteiger partial charge in [0.15, 0.2) is 11.6 Å². The minimum Gasteiger partial charge on any atom is -0.315 e. The third-order valence-electron chi connectivity index (χ3n) is 4.39. The first-order valence-electron chi connectivity index (χ1n) is 8.96. The lowest BCUT2D eigenvalue weighted by atomic mass is 10.2. The highest BCUT2D eigenvalue weighted by Gasteiger charge is 2.43. The average molecular weight is 397 g/mol. The summed E-state index contributed by atoms with van der Waals surface area (Å²) in [6.07, 6.45) is 1.55. The summed E-state index contributed by atoms with van der Waals surface area (Å²) in [7, 11) is -3.62. The molecule has 0 aromatic heterocycles. The van der Waals surface area contributed by atoms with Gasteiger partial charge in [0.25, 0.3) is 0 Å². The first-order chi connectivity index (χ1) is 12.8. The number of rotatable bonds is 7. The summed E-state index contributed by atoms with van der Waals surface area (Å²) < 4.78 is 53.0. The number of benzene rings is 2. The molecule has 0 radical (unpaired) electrons. The molecule has 0 amide bonds. The fraction of sp³-hybridized carbons (Fsp3) is 0.368.